The Hall–Kier alpha value is -1.15. The molecule has 0 aliphatic carbocycles. The highest BCUT2D eigenvalue weighted by atomic mass is 16.1. The summed E-state index contributed by atoms with van der Waals surface area (Å²) >= 11 is 0. The number of Topliss-reactive ketones (excluding diaryl/α,β-unsaturated/α-hetero) is 1. The molecule has 0 heterocycles. The van der Waals surface area contributed by atoms with Gasteiger partial charge in [-0.25, -0.2) is 0 Å². The summed E-state index contributed by atoms with van der Waals surface area (Å²) in [5.41, 5.74) is 4.42. The molecule has 0 saturated carbocycles. The van der Waals surface area contributed by atoms with E-state index in [0.717, 1.165) is 17.7 Å². The number of hydrogen-bond acceptors (Lipinski definition) is 2. The van der Waals surface area contributed by atoms with Crippen molar-refractivity contribution in [2.24, 2.45) is 0 Å². The van der Waals surface area contributed by atoms with E-state index in [1.807, 2.05) is 20.0 Å². The van der Waals surface area contributed by atoms with Crippen LogP contribution in [0.4, 0.5) is 0 Å². The molecule has 2 heteroatoms. The second-order valence-corrected chi connectivity index (χ2v) is 5.62. The summed E-state index contributed by atoms with van der Waals surface area (Å²) < 4.78 is 0. The van der Waals surface area contributed by atoms with Crippen molar-refractivity contribution in [3.8, 4) is 0 Å². The molecule has 0 spiro atoms. The fourth-order valence-corrected chi connectivity index (χ4v) is 2.30. The first-order valence-corrected chi connectivity index (χ1v) is 7.25. The molecular formula is C17H27NO. The number of carbonyl (C=O) groups excluding carboxylic acids is 1. The number of carbonyl (C=O) groups is 1. The third kappa shape index (κ3) is 4.79. The predicted molar refractivity (Wildman–Crippen MR) is 82.0 cm³/mol. The van der Waals surface area contributed by atoms with E-state index in [-0.39, 0.29) is 5.78 Å². The molecule has 106 valence electrons. The van der Waals surface area contributed by atoms with Gasteiger partial charge in [0.1, 0.15) is 0 Å². The zero-order chi connectivity index (χ0) is 14.4. The molecule has 0 aliphatic rings. The molecule has 2 nitrogen and oxygen atoms in total. The Bertz CT molecular complexity index is 437. The van der Waals surface area contributed by atoms with Gasteiger partial charge in [-0.15, -0.1) is 0 Å². The van der Waals surface area contributed by atoms with Crippen molar-refractivity contribution in [1.82, 2.24) is 4.90 Å². The normalized spacial score (nSPS) is 11.1. The van der Waals surface area contributed by atoms with Crippen LogP contribution >= 0.6 is 0 Å². The topological polar surface area (TPSA) is 20.3 Å². The first-order chi connectivity index (χ1) is 8.95. The molecule has 0 bridgehead atoms. The van der Waals surface area contributed by atoms with Crippen LogP contribution in [-0.4, -0.2) is 30.8 Å². The summed E-state index contributed by atoms with van der Waals surface area (Å²) in [6, 6.07) is 4.15. The third-order valence-corrected chi connectivity index (χ3v) is 3.70. The number of benzene rings is 1. The Balaban J connectivity index is 2.65. The quantitative estimate of drug-likeness (QED) is 0.548. The fraction of sp³-hybridized carbons (Fsp3) is 0.588. The van der Waals surface area contributed by atoms with Crippen LogP contribution in [0, 0.1) is 20.8 Å². The van der Waals surface area contributed by atoms with Crippen LogP contribution in [0.5, 0.6) is 0 Å². The van der Waals surface area contributed by atoms with E-state index in [0.29, 0.717) is 6.54 Å². The van der Waals surface area contributed by atoms with Gasteiger partial charge in [-0.1, -0.05) is 25.8 Å². The lowest BCUT2D eigenvalue weighted by Gasteiger charge is -2.17. The van der Waals surface area contributed by atoms with Gasteiger partial charge in [0, 0.05) is 5.56 Å². The minimum absolute atomic E-state index is 0.236. The van der Waals surface area contributed by atoms with E-state index in [2.05, 4.69) is 31.7 Å². The van der Waals surface area contributed by atoms with Gasteiger partial charge < -0.3 is 0 Å². The number of ketones is 1. The minimum Gasteiger partial charge on any atom is -0.299 e. The van der Waals surface area contributed by atoms with Crippen LogP contribution in [-0.2, 0) is 0 Å². The molecular weight excluding hydrogens is 234 g/mol. The average molecular weight is 261 g/mol. The van der Waals surface area contributed by atoms with Crippen molar-refractivity contribution in [3.63, 3.8) is 0 Å². The average Bonchev–Trinajstić information content (AvgIpc) is 2.34. The third-order valence-electron chi connectivity index (χ3n) is 3.70. The largest absolute Gasteiger partial charge is 0.299 e. The summed E-state index contributed by atoms with van der Waals surface area (Å²) in [4.78, 5) is 14.5. The Morgan fingerprint density at radius 3 is 2.32 bits per heavy atom. The highest BCUT2D eigenvalue weighted by Gasteiger charge is 2.12. The Kier molecular flexibility index (Phi) is 6.23. The summed E-state index contributed by atoms with van der Waals surface area (Å²) in [6.45, 7) is 9.90. The summed E-state index contributed by atoms with van der Waals surface area (Å²) in [7, 11) is 2.03. The highest BCUT2D eigenvalue weighted by molar-refractivity contribution is 5.99. The molecule has 0 aliphatic heterocycles. The second-order valence-electron chi connectivity index (χ2n) is 5.62. The van der Waals surface area contributed by atoms with Crippen molar-refractivity contribution in [2.75, 3.05) is 20.1 Å². The van der Waals surface area contributed by atoms with Gasteiger partial charge >= 0.3 is 0 Å². The predicted octanol–water partition coefficient (Wildman–Crippen LogP) is 3.92. The molecule has 19 heavy (non-hydrogen) atoms. The summed E-state index contributed by atoms with van der Waals surface area (Å²) in [5, 5.41) is 0. The number of unbranched alkanes of at least 4 members (excludes halogenated alkanes) is 2. The zero-order valence-electron chi connectivity index (χ0n) is 13.0. The maximum absolute atomic E-state index is 12.3. The van der Waals surface area contributed by atoms with Crippen LogP contribution in [0.3, 0.4) is 0 Å². The Morgan fingerprint density at radius 2 is 1.68 bits per heavy atom. The fourth-order valence-electron chi connectivity index (χ4n) is 2.30. The minimum atomic E-state index is 0.236. The van der Waals surface area contributed by atoms with Gasteiger partial charge in [0.15, 0.2) is 5.78 Å². The Morgan fingerprint density at radius 1 is 1.05 bits per heavy atom. The molecule has 0 fully saturated rings. The lowest BCUT2D eigenvalue weighted by atomic mass is 9.98. The van der Waals surface area contributed by atoms with E-state index < -0.39 is 0 Å². The van der Waals surface area contributed by atoms with Crippen molar-refractivity contribution >= 4 is 5.78 Å². The van der Waals surface area contributed by atoms with Gasteiger partial charge in [-0.2, -0.15) is 0 Å². The molecule has 0 amide bonds. The van der Waals surface area contributed by atoms with Crippen molar-refractivity contribution in [2.45, 2.75) is 47.0 Å². The van der Waals surface area contributed by atoms with Gasteiger partial charge in [-0.3, -0.25) is 9.69 Å². The molecule has 0 saturated heterocycles. The summed E-state index contributed by atoms with van der Waals surface area (Å²) in [6.07, 6.45) is 3.63. The van der Waals surface area contributed by atoms with Crippen LogP contribution < -0.4 is 0 Å². The van der Waals surface area contributed by atoms with E-state index in [4.69, 9.17) is 0 Å². The Labute approximate surface area is 117 Å². The van der Waals surface area contributed by atoms with Gasteiger partial charge in [-0.05, 0) is 63.5 Å². The number of likely N-dealkylation sites (N-methyl/N-ethyl adjacent to an activating group) is 1. The van der Waals surface area contributed by atoms with Gasteiger partial charge in [0.2, 0.25) is 0 Å². The number of aryl methyl sites for hydroxylation is 3. The zero-order valence-corrected chi connectivity index (χ0v) is 13.0. The summed E-state index contributed by atoms with van der Waals surface area (Å²) in [5.74, 6) is 0.236. The smallest absolute Gasteiger partial charge is 0.177 e. The molecule has 0 radical (unpaired) electrons. The lowest BCUT2D eigenvalue weighted by molar-refractivity contribution is 0.0945. The van der Waals surface area contributed by atoms with Crippen LogP contribution in [0.2, 0.25) is 0 Å². The molecule has 1 aromatic carbocycles. The maximum Gasteiger partial charge on any atom is 0.177 e. The SMILES string of the molecule is CCCCCN(C)CC(=O)c1cc(C)c(C)cc1C. The number of rotatable bonds is 7. The van der Waals surface area contributed by atoms with E-state index >= 15 is 0 Å². The highest BCUT2D eigenvalue weighted by Crippen LogP contribution is 2.16. The van der Waals surface area contributed by atoms with E-state index in [9.17, 15) is 4.79 Å². The van der Waals surface area contributed by atoms with E-state index in [1.165, 1.54) is 30.4 Å². The standard InChI is InChI=1S/C17H27NO/c1-6-7-8-9-18(5)12-17(19)16-11-14(3)13(2)10-15(16)4/h10-11H,6-9,12H2,1-5H3. The number of hydrogen-bond donors (Lipinski definition) is 0. The van der Waals surface area contributed by atoms with E-state index in [1.54, 1.807) is 0 Å². The molecule has 1 rings (SSSR count). The number of nitrogens with zero attached hydrogens (tertiary/aromatic N) is 1. The van der Waals surface area contributed by atoms with Gasteiger partial charge in [0.25, 0.3) is 0 Å². The first-order valence-electron chi connectivity index (χ1n) is 7.25. The molecule has 1 aromatic rings. The molecule has 0 unspecified atom stereocenters. The van der Waals surface area contributed by atoms with Crippen LogP contribution in [0.15, 0.2) is 12.1 Å². The van der Waals surface area contributed by atoms with Crippen LogP contribution in [0.1, 0.15) is 53.2 Å². The molecule has 0 aromatic heterocycles. The second kappa shape index (κ2) is 7.44. The van der Waals surface area contributed by atoms with Crippen molar-refractivity contribution in [3.05, 3.63) is 34.4 Å². The molecule has 0 N–H and O–H groups in total. The lowest BCUT2D eigenvalue weighted by Crippen LogP contribution is -2.27. The van der Waals surface area contributed by atoms with Gasteiger partial charge in [0.05, 0.1) is 6.54 Å². The van der Waals surface area contributed by atoms with Crippen molar-refractivity contribution in [1.29, 1.82) is 0 Å². The molecule has 0 atom stereocenters. The maximum atomic E-state index is 12.3. The monoisotopic (exact) mass is 261 g/mol. The first kappa shape index (κ1) is 15.9. The van der Waals surface area contributed by atoms with Crippen molar-refractivity contribution < 1.29 is 4.79 Å². The van der Waals surface area contributed by atoms with Crippen LogP contribution in [0.25, 0.3) is 0 Å².